The number of hydrogen-bond acceptors (Lipinski definition) is 3. The molecular formula is C17H21N3O2. The van der Waals surface area contributed by atoms with Crippen LogP contribution in [0.25, 0.3) is 0 Å². The Morgan fingerprint density at radius 3 is 3.09 bits per heavy atom. The van der Waals surface area contributed by atoms with Crippen LogP contribution in [0, 0.1) is 12.8 Å². The van der Waals surface area contributed by atoms with Gasteiger partial charge in [0, 0.05) is 31.1 Å². The van der Waals surface area contributed by atoms with Crippen LogP contribution < -0.4 is 0 Å². The van der Waals surface area contributed by atoms with Crippen LogP contribution in [0.4, 0.5) is 0 Å². The van der Waals surface area contributed by atoms with Crippen molar-refractivity contribution in [2.24, 2.45) is 5.92 Å². The quantitative estimate of drug-likeness (QED) is 0.875. The highest BCUT2D eigenvalue weighted by atomic mass is 16.3. The van der Waals surface area contributed by atoms with Gasteiger partial charge in [-0.2, -0.15) is 5.10 Å². The normalized spacial score (nSPS) is 27.9. The molecular weight excluding hydrogens is 278 g/mol. The SMILES string of the molecule is Cc1cnn([C@@H]2CCCN(C(=O)[C@@H]3C[C@@H]3c3ccco3)C2)c1. The van der Waals surface area contributed by atoms with Crippen molar-refractivity contribution >= 4 is 5.91 Å². The van der Waals surface area contributed by atoms with E-state index >= 15 is 0 Å². The number of nitrogens with zero attached hydrogens (tertiary/aromatic N) is 3. The molecule has 2 aromatic heterocycles. The van der Waals surface area contributed by atoms with E-state index in [9.17, 15) is 4.79 Å². The molecule has 1 saturated heterocycles. The summed E-state index contributed by atoms with van der Waals surface area (Å²) in [6.07, 6.45) is 8.71. The molecule has 0 bridgehead atoms. The fraction of sp³-hybridized carbons (Fsp3) is 0.529. The molecule has 0 spiro atoms. The molecule has 0 radical (unpaired) electrons. The number of carbonyl (C=O) groups is 1. The molecule has 2 fully saturated rings. The maximum atomic E-state index is 12.7. The Bertz CT molecular complexity index is 661. The Morgan fingerprint density at radius 2 is 2.36 bits per heavy atom. The molecule has 3 atom stereocenters. The molecule has 22 heavy (non-hydrogen) atoms. The summed E-state index contributed by atoms with van der Waals surface area (Å²) in [4.78, 5) is 14.7. The van der Waals surface area contributed by atoms with Gasteiger partial charge in [0.1, 0.15) is 5.76 Å². The van der Waals surface area contributed by atoms with Crippen molar-refractivity contribution in [2.45, 2.75) is 38.1 Å². The van der Waals surface area contributed by atoms with E-state index in [0.717, 1.165) is 38.1 Å². The zero-order valence-electron chi connectivity index (χ0n) is 12.8. The lowest BCUT2D eigenvalue weighted by Gasteiger charge is -2.33. The third-order valence-corrected chi connectivity index (χ3v) is 4.83. The van der Waals surface area contributed by atoms with E-state index in [2.05, 4.69) is 11.3 Å². The summed E-state index contributed by atoms with van der Waals surface area (Å²) in [6.45, 7) is 3.70. The van der Waals surface area contributed by atoms with Crippen LogP contribution in [0.3, 0.4) is 0 Å². The first kappa shape index (κ1) is 13.6. The molecule has 1 amide bonds. The molecule has 2 aromatic rings. The first-order chi connectivity index (χ1) is 10.7. The second-order valence-corrected chi connectivity index (χ2v) is 6.54. The topological polar surface area (TPSA) is 51.3 Å². The molecule has 0 unspecified atom stereocenters. The van der Waals surface area contributed by atoms with Crippen molar-refractivity contribution in [3.63, 3.8) is 0 Å². The van der Waals surface area contributed by atoms with Crippen LogP contribution in [0.15, 0.2) is 35.2 Å². The Hall–Kier alpha value is -2.04. The van der Waals surface area contributed by atoms with Gasteiger partial charge in [0.2, 0.25) is 5.91 Å². The summed E-state index contributed by atoms with van der Waals surface area (Å²) < 4.78 is 7.45. The van der Waals surface area contributed by atoms with E-state index < -0.39 is 0 Å². The Balaban J connectivity index is 1.41. The molecule has 0 aromatic carbocycles. The number of likely N-dealkylation sites (tertiary alicyclic amines) is 1. The Morgan fingerprint density at radius 1 is 1.45 bits per heavy atom. The van der Waals surface area contributed by atoms with Crippen LogP contribution in [0.2, 0.25) is 0 Å². The smallest absolute Gasteiger partial charge is 0.226 e. The Kier molecular flexibility index (Phi) is 3.28. The molecule has 4 rings (SSSR count). The summed E-state index contributed by atoms with van der Waals surface area (Å²) >= 11 is 0. The van der Waals surface area contributed by atoms with Gasteiger partial charge in [-0.05, 0) is 43.9 Å². The summed E-state index contributed by atoms with van der Waals surface area (Å²) in [5.41, 5.74) is 1.17. The molecule has 3 heterocycles. The molecule has 5 nitrogen and oxygen atoms in total. The van der Waals surface area contributed by atoms with Gasteiger partial charge in [-0.3, -0.25) is 9.48 Å². The van der Waals surface area contributed by atoms with Gasteiger partial charge >= 0.3 is 0 Å². The van der Waals surface area contributed by atoms with E-state index in [1.165, 1.54) is 5.56 Å². The summed E-state index contributed by atoms with van der Waals surface area (Å²) in [5, 5.41) is 4.41. The van der Waals surface area contributed by atoms with E-state index in [-0.39, 0.29) is 17.7 Å². The maximum absolute atomic E-state index is 12.7. The van der Waals surface area contributed by atoms with Crippen LogP contribution in [0.5, 0.6) is 0 Å². The molecule has 116 valence electrons. The van der Waals surface area contributed by atoms with Crippen molar-refractivity contribution in [1.29, 1.82) is 0 Å². The third-order valence-electron chi connectivity index (χ3n) is 4.83. The predicted octanol–water partition coefficient (Wildman–Crippen LogP) is 2.75. The average Bonchev–Trinajstić information content (AvgIpc) is 2.95. The second kappa shape index (κ2) is 5.30. The van der Waals surface area contributed by atoms with E-state index in [1.807, 2.05) is 34.8 Å². The Labute approximate surface area is 129 Å². The largest absolute Gasteiger partial charge is 0.469 e. The zero-order chi connectivity index (χ0) is 15.1. The highest BCUT2D eigenvalue weighted by Crippen LogP contribution is 2.49. The molecule has 2 aliphatic rings. The number of carbonyl (C=O) groups excluding carboxylic acids is 1. The molecule has 0 N–H and O–H groups in total. The number of piperidine rings is 1. The van der Waals surface area contributed by atoms with Gasteiger partial charge in [-0.25, -0.2) is 0 Å². The highest BCUT2D eigenvalue weighted by molar-refractivity contribution is 5.83. The van der Waals surface area contributed by atoms with Crippen LogP contribution in [-0.4, -0.2) is 33.7 Å². The number of aryl methyl sites for hydroxylation is 1. The zero-order valence-corrected chi connectivity index (χ0v) is 12.8. The van der Waals surface area contributed by atoms with Gasteiger partial charge in [-0.1, -0.05) is 0 Å². The van der Waals surface area contributed by atoms with Crippen LogP contribution in [0.1, 0.15) is 42.5 Å². The molecule has 5 heteroatoms. The van der Waals surface area contributed by atoms with Crippen LogP contribution in [-0.2, 0) is 4.79 Å². The highest BCUT2D eigenvalue weighted by Gasteiger charge is 2.48. The summed E-state index contributed by atoms with van der Waals surface area (Å²) in [5.74, 6) is 1.64. The summed E-state index contributed by atoms with van der Waals surface area (Å²) in [6, 6.07) is 4.18. The summed E-state index contributed by atoms with van der Waals surface area (Å²) in [7, 11) is 0. The number of hydrogen-bond donors (Lipinski definition) is 0. The van der Waals surface area contributed by atoms with Crippen molar-refractivity contribution in [1.82, 2.24) is 14.7 Å². The van der Waals surface area contributed by atoms with Gasteiger partial charge in [0.25, 0.3) is 0 Å². The third kappa shape index (κ3) is 2.45. The minimum Gasteiger partial charge on any atom is -0.469 e. The van der Waals surface area contributed by atoms with E-state index in [1.54, 1.807) is 6.26 Å². The van der Waals surface area contributed by atoms with Gasteiger partial charge in [0.05, 0.1) is 18.5 Å². The number of rotatable bonds is 3. The standard InChI is InChI=1S/C17H21N3O2/c1-12-9-18-20(10-12)13-4-2-6-19(11-13)17(21)15-8-14(15)16-5-3-7-22-16/h3,5,7,9-10,13-15H,2,4,6,8,11H2,1H3/t13-,14+,15-/m1/s1. The average molecular weight is 299 g/mol. The number of furan rings is 1. The maximum Gasteiger partial charge on any atom is 0.226 e. The number of aromatic nitrogens is 2. The van der Waals surface area contributed by atoms with Gasteiger partial charge < -0.3 is 9.32 Å². The lowest BCUT2D eigenvalue weighted by atomic mass is 10.0. The number of amides is 1. The van der Waals surface area contributed by atoms with Gasteiger partial charge in [-0.15, -0.1) is 0 Å². The minimum absolute atomic E-state index is 0.115. The lowest BCUT2D eigenvalue weighted by Crippen LogP contribution is -2.41. The van der Waals surface area contributed by atoms with E-state index in [0.29, 0.717) is 6.04 Å². The van der Waals surface area contributed by atoms with Crippen molar-refractivity contribution in [2.75, 3.05) is 13.1 Å². The van der Waals surface area contributed by atoms with Crippen molar-refractivity contribution in [3.8, 4) is 0 Å². The monoisotopic (exact) mass is 299 g/mol. The second-order valence-electron chi connectivity index (χ2n) is 6.54. The van der Waals surface area contributed by atoms with Gasteiger partial charge in [0.15, 0.2) is 0 Å². The fourth-order valence-corrected chi connectivity index (χ4v) is 3.52. The molecule has 1 saturated carbocycles. The fourth-order valence-electron chi connectivity index (χ4n) is 3.52. The van der Waals surface area contributed by atoms with Crippen LogP contribution >= 0.6 is 0 Å². The minimum atomic E-state index is 0.115. The molecule has 1 aliphatic carbocycles. The van der Waals surface area contributed by atoms with E-state index in [4.69, 9.17) is 4.42 Å². The first-order valence-corrected chi connectivity index (χ1v) is 8.05. The first-order valence-electron chi connectivity index (χ1n) is 8.05. The molecule has 1 aliphatic heterocycles. The van der Waals surface area contributed by atoms with Crippen molar-refractivity contribution < 1.29 is 9.21 Å². The predicted molar refractivity (Wildman–Crippen MR) is 81.4 cm³/mol. The lowest BCUT2D eigenvalue weighted by molar-refractivity contribution is -0.134. The van der Waals surface area contributed by atoms with Crippen molar-refractivity contribution in [3.05, 3.63) is 42.1 Å².